The van der Waals surface area contributed by atoms with Crippen LogP contribution < -0.4 is 10.2 Å². The van der Waals surface area contributed by atoms with Crippen LogP contribution in [0.3, 0.4) is 0 Å². The van der Waals surface area contributed by atoms with E-state index < -0.39 is 0 Å². The van der Waals surface area contributed by atoms with E-state index in [9.17, 15) is 4.79 Å². The van der Waals surface area contributed by atoms with Gasteiger partial charge in [-0.2, -0.15) is 4.98 Å². The van der Waals surface area contributed by atoms with Crippen molar-refractivity contribution in [3.8, 4) is 10.6 Å². The number of hydrogen-bond donors (Lipinski definition) is 1. The Balaban J connectivity index is 1.10. The number of benzene rings is 1. The second-order valence-corrected chi connectivity index (χ2v) is 12.4. The quantitative estimate of drug-likeness (QED) is 0.358. The van der Waals surface area contributed by atoms with Gasteiger partial charge in [-0.3, -0.25) is 9.69 Å². The summed E-state index contributed by atoms with van der Waals surface area (Å²) in [6, 6.07) is 12.8. The van der Waals surface area contributed by atoms with Gasteiger partial charge in [0.25, 0.3) is 5.91 Å². The lowest BCUT2D eigenvalue weighted by atomic mass is 10.1. The number of likely N-dealkylation sites (N-methyl/N-ethyl adjacent to an activating group) is 1. The molecule has 3 aliphatic rings. The number of thiazole rings is 1. The normalized spacial score (nSPS) is 22.5. The average molecular weight is 555 g/mol. The fourth-order valence-electron chi connectivity index (χ4n) is 6.37. The highest BCUT2D eigenvalue weighted by Crippen LogP contribution is 2.34. The molecule has 40 heavy (non-hydrogen) atoms. The average Bonchev–Trinajstić information content (AvgIpc) is 3.75. The van der Waals surface area contributed by atoms with Crippen LogP contribution in [0.5, 0.6) is 0 Å². The van der Waals surface area contributed by atoms with Gasteiger partial charge in [-0.1, -0.05) is 26.0 Å². The van der Waals surface area contributed by atoms with Crippen molar-refractivity contribution in [2.75, 3.05) is 42.9 Å². The number of carbonyl (C=O) groups is 1. The highest BCUT2D eigenvalue weighted by molar-refractivity contribution is 7.21. The number of likely N-dealkylation sites (tertiary alicyclic amines) is 2. The largest absolute Gasteiger partial charge is 0.338 e. The summed E-state index contributed by atoms with van der Waals surface area (Å²) < 4.78 is 0.999. The molecular formula is C30H34N8OS. The monoisotopic (exact) mass is 554 g/mol. The standard InChI is InChI=1S/C30H34N8OS/c1-4-36-16-23-12-22(36)17-38(23)30-32-19(3)10-27(35-30)34-26-13-24-25(14-31-26)40-28(33-24)20-6-5-7-21(11-20)29(39)37-9-8-18(2)15-37/h5-7,10-11,13-14,18,22-23H,4,8-9,12,15-17H2,1-3H3,(H,31,32,34,35)/t18-,22+,23+/m1/s1. The van der Waals surface area contributed by atoms with Gasteiger partial charge in [-0.15, -0.1) is 11.3 Å². The zero-order valence-corrected chi connectivity index (χ0v) is 24.0. The van der Waals surface area contributed by atoms with E-state index in [1.165, 1.54) is 6.42 Å². The first-order valence-electron chi connectivity index (χ1n) is 14.2. The Hall–Kier alpha value is -3.63. The second kappa shape index (κ2) is 10.1. The van der Waals surface area contributed by atoms with Crippen molar-refractivity contribution in [2.45, 2.75) is 45.7 Å². The molecule has 0 spiro atoms. The molecule has 7 rings (SSSR count). The van der Waals surface area contributed by atoms with Crippen LogP contribution in [0, 0.1) is 12.8 Å². The molecule has 0 radical (unpaired) electrons. The predicted octanol–water partition coefficient (Wildman–Crippen LogP) is 4.97. The molecule has 0 aliphatic carbocycles. The fourth-order valence-corrected chi connectivity index (χ4v) is 7.28. The van der Waals surface area contributed by atoms with Crippen LogP contribution in [0.2, 0.25) is 0 Å². The minimum Gasteiger partial charge on any atom is -0.338 e. The number of aromatic nitrogens is 4. The van der Waals surface area contributed by atoms with Crippen molar-refractivity contribution >= 4 is 45.0 Å². The van der Waals surface area contributed by atoms with Gasteiger partial charge in [0.15, 0.2) is 0 Å². The van der Waals surface area contributed by atoms with E-state index in [1.54, 1.807) is 11.3 Å². The maximum absolute atomic E-state index is 13.0. The highest BCUT2D eigenvalue weighted by atomic mass is 32.1. The van der Waals surface area contributed by atoms with Crippen LogP contribution in [0.4, 0.5) is 17.6 Å². The first-order chi connectivity index (χ1) is 19.4. The number of amides is 1. The third-order valence-corrected chi connectivity index (χ3v) is 9.51. The Kier molecular flexibility index (Phi) is 6.39. The molecule has 0 saturated carbocycles. The van der Waals surface area contributed by atoms with Crippen molar-refractivity contribution in [3.63, 3.8) is 0 Å². The number of aryl methyl sites for hydroxylation is 1. The Bertz CT molecular complexity index is 1590. The first kappa shape index (κ1) is 25.3. The van der Waals surface area contributed by atoms with Gasteiger partial charge in [-0.05, 0) is 44.4 Å². The molecule has 3 atom stereocenters. The number of nitrogens with one attached hydrogen (secondary N) is 1. The Morgan fingerprint density at radius 2 is 1.98 bits per heavy atom. The van der Waals surface area contributed by atoms with Crippen LogP contribution in [0.25, 0.3) is 20.8 Å². The lowest BCUT2D eigenvalue weighted by Crippen LogP contribution is -2.46. The fraction of sp³-hybridized carbons (Fsp3) is 0.433. The van der Waals surface area contributed by atoms with E-state index >= 15 is 0 Å². The maximum Gasteiger partial charge on any atom is 0.253 e. The van der Waals surface area contributed by atoms with Crippen molar-refractivity contribution < 1.29 is 4.79 Å². The summed E-state index contributed by atoms with van der Waals surface area (Å²) in [5, 5.41) is 4.27. The number of hydrogen-bond acceptors (Lipinski definition) is 9. The molecule has 3 saturated heterocycles. The van der Waals surface area contributed by atoms with Crippen LogP contribution in [0.1, 0.15) is 42.7 Å². The molecule has 9 nitrogen and oxygen atoms in total. The second-order valence-electron chi connectivity index (χ2n) is 11.4. The van der Waals surface area contributed by atoms with Crippen molar-refractivity contribution in [1.82, 2.24) is 29.7 Å². The van der Waals surface area contributed by atoms with Crippen molar-refractivity contribution in [2.24, 2.45) is 5.92 Å². The smallest absolute Gasteiger partial charge is 0.253 e. The maximum atomic E-state index is 13.0. The third-order valence-electron chi connectivity index (χ3n) is 8.46. The summed E-state index contributed by atoms with van der Waals surface area (Å²) in [5.41, 5.74) is 3.46. The van der Waals surface area contributed by atoms with Crippen LogP contribution >= 0.6 is 11.3 Å². The van der Waals surface area contributed by atoms with Gasteiger partial charge in [0.2, 0.25) is 5.95 Å². The highest BCUT2D eigenvalue weighted by Gasteiger charge is 2.43. The number of nitrogens with zero attached hydrogens (tertiary/aromatic N) is 7. The topological polar surface area (TPSA) is 90.4 Å². The number of piperazine rings is 1. The van der Waals surface area contributed by atoms with Gasteiger partial charge in [0, 0.05) is 73.4 Å². The molecule has 10 heteroatoms. The van der Waals surface area contributed by atoms with E-state index in [2.05, 4.69) is 33.9 Å². The lowest BCUT2D eigenvalue weighted by Gasteiger charge is -2.33. The van der Waals surface area contributed by atoms with Gasteiger partial charge in [-0.25, -0.2) is 15.0 Å². The van der Waals surface area contributed by atoms with Gasteiger partial charge < -0.3 is 15.1 Å². The molecule has 6 heterocycles. The number of pyridine rings is 1. The first-order valence-corrected chi connectivity index (χ1v) is 15.0. The number of fused-ring (bicyclic) bond motifs is 3. The zero-order valence-electron chi connectivity index (χ0n) is 23.2. The number of carbonyl (C=O) groups excluding carboxylic acids is 1. The molecule has 1 N–H and O–H groups in total. The molecule has 3 fully saturated rings. The molecule has 206 valence electrons. The van der Waals surface area contributed by atoms with Gasteiger partial charge in [0.05, 0.1) is 10.2 Å². The minimum atomic E-state index is 0.101. The molecule has 3 aliphatic heterocycles. The predicted molar refractivity (Wildman–Crippen MR) is 159 cm³/mol. The summed E-state index contributed by atoms with van der Waals surface area (Å²) in [5.74, 6) is 2.89. The lowest BCUT2D eigenvalue weighted by molar-refractivity contribution is 0.0788. The summed E-state index contributed by atoms with van der Waals surface area (Å²) in [4.78, 5) is 39.1. The third kappa shape index (κ3) is 4.69. The molecule has 1 aromatic carbocycles. The van der Waals surface area contributed by atoms with Crippen molar-refractivity contribution in [1.29, 1.82) is 0 Å². The Labute approximate surface area is 238 Å². The number of anilines is 3. The zero-order chi connectivity index (χ0) is 27.4. The van der Waals surface area contributed by atoms with Gasteiger partial charge >= 0.3 is 0 Å². The summed E-state index contributed by atoms with van der Waals surface area (Å²) in [7, 11) is 0. The summed E-state index contributed by atoms with van der Waals surface area (Å²) in [6.07, 6.45) is 4.11. The number of rotatable bonds is 6. The van der Waals surface area contributed by atoms with Crippen LogP contribution in [-0.2, 0) is 0 Å². The Morgan fingerprint density at radius 1 is 1.07 bits per heavy atom. The Morgan fingerprint density at radius 3 is 2.75 bits per heavy atom. The SMILES string of the molecule is CCN1C[C@@H]2C[C@H]1CN2c1nc(C)cc(Nc2cc3nc(-c4cccc(C(=O)N5CC[C@@H](C)C5)c4)sc3cn2)n1. The van der Waals surface area contributed by atoms with Crippen LogP contribution in [0.15, 0.2) is 42.6 Å². The molecule has 2 bridgehead atoms. The molecule has 1 amide bonds. The van der Waals surface area contributed by atoms with E-state index in [0.717, 1.165) is 83.0 Å². The summed E-state index contributed by atoms with van der Waals surface area (Å²) in [6.45, 7) is 11.3. The molecule has 4 aromatic rings. The van der Waals surface area contributed by atoms with Crippen LogP contribution in [-0.4, -0.2) is 80.5 Å². The van der Waals surface area contributed by atoms with Gasteiger partial charge in [0.1, 0.15) is 16.6 Å². The molecule has 0 unspecified atom stereocenters. The molecular weight excluding hydrogens is 520 g/mol. The van der Waals surface area contributed by atoms with E-state index in [-0.39, 0.29) is 5.91 Å². The van der Waals surface area contributed by atoms with E-state index in [4.69, 9.17) is 15.0 Å². The summed E-state index contributed by atoms with van der Waals surface area (Å²) >= 11 is 1.59. The van der Waals surface area contributed by atoms with Crippen molar-refractivity contribution in [3.05, 3.63) is 53.9 Å². The van der Waals surface area contributed by atoms with E-state index in [0.29, 0.717) is 23.8 Å². The van der Waals surface area contributed by atoms with E-state index in [1.807, 2.05) is 54.4 Å². The molecule has 3 aromatic heterocycles. The minimum absolute atomic E-state index is 0.101.